The number of hydrogen-bond acceptors (Lipinski definition) is 5. The SMILES string of the molecule is CC(S)OCCC1CCC(CC(C)OCC2CCCOC2)O1. The lowest BCUT2D eigenvalue weighted by Crippen LogP contribution is -2.26. The highest BCUT2D eigenvalue weighted by atomic mass is 32.1. The minimum Gasteiger partial charge on any atom is -0.381 e. The smallest absolute Gasteiger partial charge is 0.0971 e. The van der Waals surface area contributed by atoms with Crippen molar-refractivity contribution in [2.45, 2.75) is 76.1 Å². The van der Waals surface area contributed by atoms with E-state index in [4.69, 9.17) is 18.9 Å². The molecule has 2 rings (SSSR count). The average Bonchev–Trinajstić information content (AvgIpc) is 2.93. The van der Waals surface area contributed by atoms with E-state index in [-0.39, 0.29) is 11.5 Å². The van der Waals surface area contributed by atoms with E-state index in [2.05, 4.69) is 19.6 Å². The van der Waals surface area contributed by atoms with Crippen LogP contribution in [0.15, 0.2) is 0 Å². The van der Waals surface area contributed by atoms with Gasteiger partial charge >= 0.3 is 0 Å². The first-order valence-corrected chi connectivity index (χ1v) is 9.29. The summed E-state index contributed by atoms with van der Waals surface area (Å²) < 4.78 is 23.1. The number of rotatable bonds is 9. The summed E-state index contributed by atoms with van der Waals surface area (Å²) in [5.74, 6) is 0.578. The molecule has 0 N–H and O–H groups in total. The molecule has 2 heterocycles. The van der Waals surface area contributed by atoms with Crippen LogP contribution < -0.4 is 0 Å². The largest absolute Gasteiger partial charge is 0.381 e. The molecule has 130 valence electrons. The minimum absolute atomic E-state index is 0.00869. The Kier molecular flexibility index (Phi) is 8.54. The molecule has 0 radical (unpaired) electrons. The van der Waals surface area contributed by atoms with Gasteiger partial charge in [-0.2, -0.15) is 0 Å². The van der Waals surface area contributed by atoms with Gasteiger partial charge in [-0.15, -0.1) is 12.6 Å². The van der Waals surface area contributed by atoms with Crippen molar-refractivity contribution in [1.29, 1.82) is 0 Å². The molecule has 2 saturated heterocycles. The lowest BCUT2D eigenvalue weighted by atomic mass is 10.0. The highest BCUT2D eigenvalue weighted by Crippen LogP contribution is 2.26. The lowest BCUT2D eigenvalue weighted by Gasteiger charge is -2.24. The molecule has 0 aliphatic carbocycles. The van der Waals surface area contributed by atoms with Crippen LogP contribution in [0.1, 0.15) is 52.4 Å². The molecule has 0 aromatic heterocycles. The van der Waals surface area contributed by atoms with Gasteiger partial charge in [0.1, 0.15) is 0 Å². The third-order valence-corrected chi connectivity index (χ3v) is 4.61. The van der Waals surface area contributed by atoms with Gasteiger partial charge in [0.25, 0.3) is 0 Å². The lowest BCUT2D eigenvalue weighted by molar-refractivity contribution is -0.0444. The highest BCUT2D eigenvalue weighted by molar-refractivity contribution is 7.80. The second kappa shape index (κ2) is 10.1. The first-order chi connectivity index (χ1) is 10.6. The van der Waals surface area contributed by atoms with Crippen LogP contribution in [0.5, 0.6) is 0 Å². The minimum atomic E-state index is 0.00869. The van der Waals surface area contributed by atoms with Gasteiger partial charge in [-0.1, -0.05) is 0 Å². The quantitative estimate of drug-likeness (QED) is 0.518. The van der Waals surface area contributed by atoms with Crippen molar-refractivity contribution < 1.29 is 18.9 Å². The van der Waals surface area contributed by atoms with E-state index < -0.39 is 0 Å². The maximum atomic E-state index is 6.10. The molecular formula is C17H32O4S. The molecule has 5 unspecified atom stereocenters. The molecule has 2 fully saturated rings. The van der Waals surface area contributed by atoms with Crippen molar-refractivity contribution in [3.63, 3.8) is 0 Å². The summed E-state index contributed by atoms with van der Waals surface area (Å²) in [7, 11) is 0. The van der Waals surface area contributed by atoms with Gasteiger partial charge in [0.15, 0.2) is 0 Å². The Morgan fingerprint density at radius 1 is 1.14 bits per heavy atom. The van der Waals surface area contributed by atoms with E-state index >= 15 is 0 Å². The molecule has 2 aliphatic rings. The Bertz CT molecular complexity index is 294. The van der Waals surface area contributed by atoms with Crippen LogP contribution in [0.4, 0.5) is 0 Å². The second-order valence-corrected chi connectivity index (χ2v) is 7.41. The summed E-state index contributed by atoms with van der Waals surface area (Å²) >= 11 is 4.22. The molecule has 0 spiro atoms. The zero-order valence-electron chi connectivity index (χ0n) is 14.0. The Morgan fingerprint density at radius 2 is 1.95 bits per heavy atom. The fourth-order valence-electron chi connectivity index (χ4n) is 3.21. The first-order valence-electron chi connectivity index (χ1n) is 8.78. The molecule has 5 heteroatoms. The van der Waals surface area contributed by atoms with Crippen molar-refractivity contribution in [2.75, 3.05) is 26.4 Å². The van der Waals surface area contributed by atoms with E-state index in [0.717, 1.165) is 52.1 Å². The maximum Gasteiger partial charge on any atom is 0.0971 e. The number of hydrogen-bond donors (Lipinski definition) is 1. The van der Waals surface area contributed by atoms with Crippen molar-refractivity contribution >= 4 is 12.6 Å². The Balaban J connectivity index is 1.54. The standard InChI is InChI=1S/C17H32O4S/c1-13(20-12-15-4-3-8-18-11-15)10-17-6-5-16(21-17)7-9-19-14(2)22/h13-17,22H,3-12H2,1-2H3. The van der Waals surface area contributed by atoms with E-state index in [0.29, 0.717) is 18.1 Å². The fourth-order valence-corrected chi connectivity index (χ4v) is 3.32. The zero-order valence-corrected chi connectivity index (χ0v) is 14.9. The summed E-state index contributed by atoms with van der Waals surface area (Å²) in [5.41, 5.74) is 0.00869. The van der Waals surface area contributed by atoms with Crippen LogP contribution >= 0.6 is 12.6 Å². The molecule has 0 aromatic carbocycles. The number of thiol groups is 1. The van der Waals surface area contributed by atoms with Gasteiger partial charge in [0.05, 0.1) is 43.6 Å². The van der Waals surface area contributed by atoms with Gasteiger partial charge < -0.3 is 18.9 Å². The van der Waals surface area contributed by atoms with Crippen LogP contribution in [0.2, 0.25) is 0 Å². The maximum absolute atomic E-state index is 6.10. The van der Waals surface area contributed by atoms with Crippen molar-refractivity contribution in [3.8, 4) is 0 Å². The summed E-state index contributed by atoms with van der Waals surface area (Å²) in [5, 5.41) is 0. The second-order valence-electron chi connectivity index (χ2n) is 6.68. The topological polar surface area (TPSA) is 36.9 Å². The molecule has 2 aliphatic heterocycles. The normalized spacial score (nSPS) is 32.0. The van der Waals surface area contributed by atoms with Crippen LogP contribution in [0, 0.1) is 5.92 Å². The summed E-state index contributed by atoms with van der Waals surface area (Å²) in [6, 6.07) is 0. The predicted molar refractivity (Wildman–Crippen MR) is 90.5 cm³/mol. The Morgan fingerprint density at radius 3 is 2.68 bits per heavy atom. The molecule has 22 heavy (non-hydrogen) atoms. The van der Waals surface area contributed by atoms with Crippen LogP contribution in [-0.4, -0.2) is 50.2 Å². The molecule has 4 nitrogen and oxygen atoms in total. The molecule has 0 saturated carbocycles. The number of ether oxygens (including phenoxy) is 4. The monoisotopic (exact) mass is 332 g/mol. The van der Waals surface area contributed by atoms with Gasteiger partial charge in [0, 0.05) is 12.5 Å². The van der Waals surface area contributed by atoms with Gasteiger partial charge in [0.2, 0.25) is 0 Å². The van der Waals surface area contributed by atoms with Crippen molar-refractivity contribution in [1.82, 2.24) is 0 Å². The third kappa shape index (κ3) is 7.18. The molecule has 5 atom stereocenters. The molecular weight excluding hydrogens is 300 g/mol. The van der Waals surface area contributed by atoms with E-state index in [1.807, 2.05) is 6.92 Å². The Labute approximate surface area is 140 Å². The van der Waals surface area contributed by atoms with E-state index in [1.165, 1.54) is 12.8 Å². The van der Waals surface area contributed by atoms with Crippen molar-refractivity contribution in [2.24, 2.45) is 5.92 Å². The van der Waals surface area contributed by atoms with Crippen LogP contribution in [0.3, 0.4) is 0 Å². The summed E-state index contributed by atoms with van der Waals surface area (Å²) in [4.78, 5) is 0. The summed E-state index contributed by atoms with van der Waals surface area (Å²) in [6.45, 7) is 7.43. The first kappa shape index (κ1) is 18.5. The Hall–Kier alpha value is 0.190. The van der Waals surface area contributed by atoms with E-state index in [9.17, 15) is 0 Å². The zero-order chi connectivity index (χ0) is 15.8. The predicted octanol–water partition coefficient (Wildman–Crippen LogP) is 3.44. The average molecular weight is 333 g/mol. The summed E-state index contributed by atoms with van der Waals surface area (Å²) in [6.07, 6.45) is 7.59. The molecule has 0 aromatic rings. The fraction of sp³-hybridized carbons (Fsp3) is 1.00. The van der Waals surface area contributed by atoms with Crippen LogP contribution in [-0.2, 0) is 18.9 Å². The van der Waals surface area contributed by atoms with Gasteiger partial charge in [-0.25, -0.2) is 0 Å². The van der Waals surface area contributed by atoms with Crippen LogP contribution in [0.25, 0.3) is 0 Å². The van der Waals surface area contributed by atoms with Gasteiger partial charge in [-0.05, 0) is 52.4 Å². The highest BCUT2D eigenvalue weighted by Gasteiger charge is 2.27. The molecule has 0 amide bonds. The van der Waals surface area contributed by atoms with Gasteiger partial charge in [-0.3, -0.25) is 0 Å². The third-order valence-electron chi connectivity index (χ3n) is 4.46. The van der Waals surface area contributed by atoms with E-state index in [1.54, 1.807) is 0 Å². The van der Waals surface area contributed by atoms with Crippen molar-refractivity contribution in [3.05, 3.63) is 0 Å². The molecule has 0 bridgehead atoms.